The van der Waals surface area contributed by atoms with Crippen LogP contribution in [-0.4, -0.2) is 56.4 Å². The summed E-state index contributed by atoms with van der Waals surface area (Å²) in [7, 11) is 3.27. The van der Waals surface area contributed by atoms with Gasteiger partial charge < -0.3 is 20.1 Å². The van der Waals surface area contributed by atoms with Crippen LogP contribution in [0.1, 0.15) is 47.8 Å². The molecule has 8 heteroatoms. The van der Waals surface area contributed by atoms with Crippen LogP contribution in [0.25, 0.3) is 0 Å². The maximum atomic E-state index is 13.1. The first-order chi connectivity index (χ1) is 20.5. The molecule has 0 saturated carbocycles. The number of ketones is 1. The predicted octanol–water partition coefficient (Wildman–Crippen LogP) is 4.98. The molecule has 8 nitrogen and oxygen atoms in total. The third-order valence-electron chi connectivity index (χ3n) is 7.38. The molecule has 2 amide bonds. The Morgan fingerprint density at radius 1 is 0.738 bits per heavy atom. The molecule has 0 spiro atoms. The first-order valence-corrected chi connectivity index (χ1v) is 13.8. The number of nitrogens with one attached hydrogen (secondary N) is 2. The summed E-state index contributed by atoms with van der Waals surface area (Å²) >= 11 is 0. The maximum absolute atomic E-state index is 13.1. The average molecular weight is 564 g/mol. The highest BCUT2D eigenvalue weighted by Gasteiger charge is 2.20. The minimum atomic E-state index is -0.368. The van der Waals surface area contributed by atoms with Crippen molar-refractivity contribution in [1.82, 2.24) is 10.2 Å². The number of anilines is 1. The molecule has 0 bridgehead atoms. The van der Waals surface area contributed by atoms with Crippen LogP contribution >= 0.6 is 0 Å². The van der Waals surface area contributed by atoms with Gasteiger partial charge in [-0.25, -0.2) is 0 Å². The standard InChI is InChI=1S/C34H33N3O5/c1-41-30-20-26-16-18-37(22-27(26)21-31(30)42-2)19-17-35-34(40)28-10-6-7-11-29(28)36-33(39)25-14-12-24(13-15-25)32(38)23-8-4-3-5-9-23/h3-15,20-21H,16-19,22H2,1-2H3,(H,35,40)(H,36,39). The molecule has 0 fully saturated rings. The molecule has 0 saturated heterocycles. The van der Waals surface area contributed by atoms with E-state index in [0.29, 0.717) is 46.8 Å². The van der Waals surface area contributed by atoms with E-state index in [0.717, 1.165) is 25.3 Å². The van der Waals surface area contributed by atoms with E-state index in [1.165, 1.54) is 11.1 Å². The Bertz CT molecular complexity index is 1590. The zero-order chi connectivity index (χ0) is 29.5. The molecule has 42 heavy (non-hydrogen) atoms. The van der Waals surface area contributed by atoms with E-state index in [9.17, 15) is 14.4 Å². The van der Waals surface area contributed by atoms with Crippen molar-refractivity contribution in [3.05, 3.63) is 124 Å². The number of para-hydroxylation sites is 1. The Morgan fingerprint density at radius 3 is 2.07 bits per heavy atom. The van der Waals surface area contributed by atoms with Crippen LogP contribution in [0.4, 0.5) is 5.69 Å². The van der Waals surface area contributed by atoms with Crippen molar-refractivity contribution >= 4 is 23.3 Å². The number of ether oxygens (including phenoxy) is 2. The summed E-state index contributed by atoms with van der Waals surface area (Å²) in [5, 5.41) is 5.83. The number of carbonyl (C=O) groups excluding carboxylic acids is 3. The zero-order valence-corrected chi connectivity index (χ0v) is 23.7. The number of nitrogens with zero attached hydrogens (tertiary/aromatic N) is 1. The first-order valence-electron chi connectivity index (χ1n) is 13.8. The quantitative estimate of drug-likeness (QED) is 0.265. The Labute approximate surface area is 245 Å². The Hall–Kier alpha value is -4.95. The summed E-state index contributed by atoms with van der Waals surface area (Å²) in [5.41, 5.74) is 4.69. The van der Waals surface area contributed by atoms with Gasteiger partial charge in [-0.15, -0.1) is 0 Å². The fraction of sp³-hybridized carbons (Fsp3) is 0.206. The maximum Gasteiger partial charge on any atom is 0.255 e. The van der Waals surface area contributed by atoms with Crippen LogP contribution < -0.4 is 20.1 Å². The van der Waals surface area contributed by atoms with E-state index in [1.54, 1.807) is 74.9 Å². The lowest BCUT2D eigenvalue weighted by molar-refractivity contribution is 0.0947. The van der Waals surface area contributed by atoms with Gasteiger partial charge in [-0.1, -0.05) is 54.6 Å². The van der Waals surface area contributed by atoms with Gasteiger partial charge in [0.2, 0.25) is 0 Å². The lowest BCUT2D eigenvalue weighted by atomic mass is 9.99. The number of fused-ring (bicyclic) bond motifs is 1. The van der Waals surface area contributed by atoms with Crippen molar-refractivity contribution in [2.75, 3.05) is 39.2 Å². The van der Waals surface area contributed by atoms with Gasteiger partial charge in [0.15, 0.2) is 17.3 Å². The van der Waals surface area contributed by atoms with Crippen molar-refractivity contribution < 1.29 is 23.9 Å². The van der Waals surface area contributed by atoms with Crippen molar-refractivity contribution in [2.24, 2.45) is 0 Å². The number of amides is 2. The summed E-state index contributed by atoms with van der Waals surface area (Å²) in [5.74, 6) is 0.699. The topological polar surface area (TPSA) is 97.0 Å². The lowest BCUT2D eigenvalue weighted by Crippen LogP contribution is -2.38. The van der Waals surface area contributed by atoms with E-state index in [1.807, 2.05) is 30.3 Å². The van der Waals surface area contributed by atoms with Gasteiger partial charge in [-0.3, -0.25) is 19.3 Å². The van der Waals surface area contributed by atoms with E-state index in [2.05, 4.69) is 15.5 Å². The second-order valence-electron chi connectivity index (χ2n) is 10.0. The van der Waals surface area contributed by atoms with Crippen LogP contribution in [0.3, 0.4) is 0 Å². The van der Waals surface area contributed by atoms with Crippen LogP contribution in [-0.2, 0) is 13.0 Å². The molecule has 1 aliphatic rings. The minimum absolute atomic E-state index is 0.113. The second kappa shape index (κ2) is 13.1. The monoisotopic (exact) mass is 563 g/mol. The fourth-order valence-corrected chi connectivity index (χ4v) is 5.07. The molecule has 0 unspecified atom stereocenters. The van der Waals surface area contributed by atoms with Crippen LogP contribution in [0, 0.1) is 0 Å². The molecule has 4 aromatic rings. The second-order valence-corrected chi connectivity index (χ2v) is 10.0. The summed E-state index contributed by atoms with van der Waals surface area (Å²) in [4.78, 5) is 41.0. The van der Waals surface area contributed by atoms with Gasteiger partial charge in [-0.2, -0.15) is 0 Å². The molecule has 5 rings (SSSR count). The lowest BCUT2D eigenvalue weighted by Gasteiger charge is -2.29. The highest BCUT2D eigenvalue weighted by Crippen LogP contribution is 2.33. The summed E-state index contributed by atoms with van der Waals surface area (Å²) in [6.07, 6.45) is 0.889. The van der Waals surface area contributed by atoms with E-state index >= 15 is 0 Å². The van der Waals surface area contributed by atoms with Gasteiger partial charge in [0.05, 0.1) is 25.5 Å². The van der Waals surface area contributed by atoms with Crippen molar-refractivity contribution in [2.45, 2.75) is 13.0 Å². The first kappa shape index (κ1) is 28.6. The zero-order valence-electron chi connectivity index (χ0n) is 23.7. The third kappa shape index (κ3) is 6.50. The number of hydrogen-bond acceptors (Lipinski definition) is 6. The molecule has 214 valence electrons. The summed E-state index contributed by atoms with van der Waals surface area (Å²) < 4.78 is 10.9. The molecule has 0 radical (unpaired) electrons. The van der Waals surface area contributed by atoms with Crippen LogP contribution in [0.2, 0.25) is 0 Å². The van der Waals surface area contributed by atoms with Gasteiger partial charge in [0.25, 0.3) is 11.8 Å². The minimum Gasteiger partial charge on any atom is -0.493 e. The van der Waals surface area contributed by atoms with Crippen molar-refractivity contribution in [3.63, 3.8) is 0 Å². The molecule has 0 aliphatic carbocycles. The van der Waals surface area contributed by atoms with Gasteiger partial charge in [-0.05, 0) is 53.9 Å². The largest absolute Gasteiger partial charge is 0.493 e. The number of hydrogen-bond donors (Lipinski definition) is 2. The van der Waals surface area contributed by atoms with Crippen LogP contribution in [0.15, 0.2) is 91.0 Å². The molecule has 1 aliphatic heterocycles. The smallest absolute Gasteiger partial charge is 0.255 e. The van der Waals surface area contributed by atoms with Gasteiger partial charge in [0, 0.05) is 42.9 Å². The molecule has 2 N–H and O–H groups in total. The fourth-order valence-electron chi connectivity index (χ4n) is 5.07. The predicted molar refractivity (Wildman–Crippen MR) is 162 cm³/mol. The highest BCUT2D eigenvalue weighted by atomic mass is 16.5. The van der Waals surface area contributed by atoms with Gasteiger partial charge in [0.1, 0.15) is 0 Å². The SMILES string of the molecule is COc1cc2c(cc1OC)CN(CCNC(=O)c1ccccc1NC(=O)c1ccc(C(=O)c3ccccc3)cc1)CC2. The van der Waals surface area contributed by atoms with Gasteiger partial charge >= 0.3 is 0 Å². The Balaban J connectivity index is 1.17. The summed E-state index contributed by atoms with van der Waals surface area (Å²) in [6, 6.07) is 26.4. The molecular weight excluding hydrogens is 530 g/mol. The highest BCUT2D eigenvalue weighted by molar-refractivity contribution is 6.11. The summed E-state index contributed by atoms with van der Waals surface area (Å²) in [6.45, 7) is 2.78. The average Bonchev–Trinajstić information content (AvgIpc) is 3.04. The van der Waals surface area contributed by atoms with E-state index in [4.69, 9.17) is 9.47 Å². The van der Waals surface area contributed by atoms with Crippen LogP contribution in [0.5, 0.6) is 11.5 Å². The van der Waals surface area contributed by atoms with Crippen molar-refractivity contribution in [3.8, 4) is 11.5 Å². The molecule has 0 aromatic heterocycles. The number of rotatable bonds is 10. The van der Waals surface area contributed by atoms with Crippen molar-refractivity contribution in [1.29, 1.82) is 0 Å². The van der Waals surface area contributed by atoms with E-state index < -0.39 is 0 Å². The Morgan fingerprint density at radius 2 is 1.36 bits per heavy atom. The molecule has 1 heterocycles. The molecular formula is C34H33N3O5. The van der Waals surface area contributed by atoms with E-state index in [-0.39, 0.29) is 17.6 Å². The third-order valence-corrected chi connectivity index (χ3v) is 7.38. The molecule has 4 aromatic carbocycles. The normalized spacial score (nSPS) is 12.6. The Kier molecular flexibility index (Phi) is 8.94. The molecule has 0 atom stereocenters. The number of methoxy groups -OCH3 is 2. The number of carbonyl (C=O) groups is 3. The number of benzene rings is 4.